The summed E-state index contributed by atoms with van der Waals surface area (Å²) in [7, 11) is -4.67. The zero-order chi connectivity index (χ0) is 16.8. The molecule has 0 aliphatic carbocycles. The van der Waals surface area contributed by atoms with Crippen LogP contribution in [0.15, 0.2) is 0 Å². The van der Waals surface area contributed by atoms with E-state index in [4.69, 9.17) is 27.2 Å². The van der Waals surface area contributed by atoms with Gasteiger partial charge >= 0.3 is 31.6 Å². The van der Waals surface area contributed by atoms with Gasteiger partial charge in [-0.2, -0.15) is 0 Å². The Morgan fingerprint density at radius 1 is 0.905 bits per heavy atom. The van der Waals surface area contributed by atoms with E-state index in [9.17, 15) is 23.7 Å². The molecular weight excluding hydrogens is 313 g/mol. The van der Waals surface area contributed by atoms with Crippen molar-refractivity contribution >= 4 is 31.6 Å². The topological polar surface area (TPSA) is 222 Å². The number of hydrogen-bond acceptors (Lipinski definition) is 9. The highest BCUT2D eigenvalue weighted by Gasteiger charge is 2.31. The first-order valence-corrected chi connectivity index (χ1v) is 6.86. The summed E-state index contributed by atoms with van der Waals surface area (Å²) in [5.41, 5.74) is 14.9. The number of hydrogen-bond donors (Lipinski definition) is 5. The normalized spacial score (nSPS) is 13.9. The van der Waals surface area contributed by atoms with Gasteiger partial charge in [0.1, 0.15) is 12.1 Å². The molecule has 0 aromatic carbocycles. The maximum absolute atomic E-state index is 11.5. The van der Waals surface area contributed by atoms with Crippen molar-refractivity contribution in [2.24, 2.45) is 17.0 Å². The minimum Gasteiger partial charge on any atom is -0.480 e. The Kier molecular flexibility index (Phi) is 6.95. The molecule has 0 amide bonds. The van der Waals surface area contributed by atoms with Crippen LogP contribution in [0.2, 0.25) is 0 Å². The van der Waals surface area contributed by atoms with Crippen molar-refractivity contribution in [3.05, 3.63) is 0 Å². The molecule has 0 spiro atoms. The van der Waals surface area contributed by atoms with Crippen molar-refractivity contribution in [2.45, 2.75) is 24.9 Å². The second-order valence-electron chi connectivity index (χ2n) is 3.76. The highest BCUT2D eigenvalue weighted by atomic mass is 31.2. The van der Waals surface area contributed by atoms with Gasteiger partial charge in [0, 0.05) is 0 Å². The van der Waals surface area contributed by atoms with Gasteiger partial charge in [-0.1, -0.05) is 0 Å². The summed E-state index contributed by atoms with van der Waals surface area (Å²) < 4.78 is 19.6. The molecule has 0 saturated heterocycles. The van der Waals surface area contributed by atoms with Crippen molar-refractivity contribution in [2.75, 3.05) is 0 Å². The lowest BCUT2D eigenvalue weighted by molar-refractivity contribution is -0.146. The number of aliphatic carboxylic acids is 2. The second-order valence-corrected chi connectivity index (χ2v) is 5.21. The van der Waals surface area contributed by atoms with Crippen LogP contribution < -0.4 is 17.0 Å². The molecule has 0 radical (unpaired) electrons. The third-order valence-electron chi connectivity index (χ3n) is 1.87. The lowest BCUT2D eigenvalue weighted by Gasteiger charge is -2.14. The van der Waals surface area contributed by atoms with Gasteiger partial charge in [0.05, 0.1) is 12.8 Å². The summed E-state index contributed by atoms with van der Waals surface area (Å²) in [6.45, 7) is 0. The standard InChI is InChI=1S/C8H14N3O9P/c9-3(7(14)15)1-5(12)19-21(11,18)20-6(13)2-4(10)8(16)17/h3-4H,1-2,9-10H2,(H2,11,18)(H,14,15)(H,16,17)/t3-,4-/m0/s1. The molecule has 0 aliphatic heterocycles. The fourth-order valence-electron chi connectivity index (χ4n) is 0.911. The molecule has 0 aromatic heterocycles. The third kappa shape index (κ3) is 7.99. The molecule has 0 heterocycles. The number of carboxylic acid groups (broad SMARTS) is 2. The van der Waals surface area contributed by atoms with Crippen molar-refractivity contribution in [1.82, 2.24) is 0 Å². The second kappa shape index (κ2) is 7.69. The lowest BCUT2D eigenvalue weighted by Crippen LogP contribution is -2.34. The van der Waals surface area contributed by atoms with Crippen molar-refractivity contribution < 1.29 is 43.0 Å². The molecular formula is C8H14N3O9P. The van der Waals surface area contributed by atoms with Gasteiger partial charge in [-0.15, -0.1) is 0 Å². The Morgan fingerprint density at radius 2 is 1.19 bits per heavy atom. The molecule has 12 nitrogen and oxygen atoms in total. The molecule has 0 aromatic rings. The maximum Gasteiger partial charge on any atom is 0.514 e. The molecule has 0 saturated carbocycles. The molecule has 120 valence electrons. The van der Waals surface area contributed by atoms with Crippen molar-refractivity contribution in [3.8, 4) is 0 Å². The first-order chi connectivity index (χ1) is 9.44. The van der Waals surface area contributed by atoms with Crippen LogP contribution in [-0.4, -0.2) is 46.2 Å². The van der Waals surface area contributed by atoms with Gasteiger partial charge in [-0.25, -0.2) is 10.1 Å². The minimum absolute atomic E-state index is 0.858. The highest BCUT2D eigenvalue weighted by molar-refractivity contribution is 7.52. The van der Waals surface area contributed by atoms with Crippen LogP contribution in [0.3, 0.4) is 0 Å². The van der Waals surface area contributed by atoms with E-state index < -0.39 is 56.5 Å². The van der Waals surface area contributed by atoms with Crippen molar-refractivity contribution in [1.29, 1.82) is 0 Å². The molecule has 0 rings (SSSR count). The number of carbonyl (C=O) groups excluding carboxylic acids is 2. The van der Waals surface area contributed by atoms with Gasteiger partial charge < -0.3 is 30.7 Å². The van der Waals surface area contributed by atoms with Crippen LogP contribution in [0.5, 0.6) is 0 Å². The van der Waals surface area contributed by atoms with Gasteiger partial charge in [0.2, 0.25) is 0 Å². The zero-order valence-corrected chi connectivity index (χ0v) is 11.4. The summed E-state index contributed by atoms with van der Waals surface area (Å²) in [4.78, 5) is 43.1. The maximum atomic E-state index is 11.5. The van der Waals surface area contributed by atoms with Crippen LogP contribution in [-0.2, 0) is 32.8 Å². The minimum atomic E-state index is -4.67. The first-order valence-electron chi connectivity index (χ1n) is 5.25. The van der Waals surface area contributed by atoms with Crippen molar-refractivity contribution in [3.63, 3.8) is 0 Å². The van der Waals surface area contributed by atoms with Crippen LogP contribution >= 0.6 is 7.75 Å². The van der Waals surface area contributed by atoms with Gasteiger partial charge in [0.15, 0.2) is 0 Å². The summed E-state index contributed by atoms with van der Waals surface area (Å²) in [5, 5.41) is 16.9. The van der Waals surface area contributed by atoms with Gasteiger partial charge in [-0.3, -0.25) is 19.2 Å². The fraction of sp³-hybridized carbons (Fsp3) is 0.500. The summed E-state index contributed by atoms with van der Waals surface area (Å²) in [6, 6.07) is -3.23. The molecule has 2 atom stereocenters. The average Bonchev–Trinajstić information content (AvgIpc) is 2.25. The predicted octanol–water partition coefficient (Wildman–Crippen LogP) is -2.26. The van der Waals surface area contributed by atoms with E-state index in [1.54, 1.807) is 0 Å². The quantitative estimate of drug-likeness (QED) is 0.298. The lowest BCUT2D eigenvalue weighted by atomic mass is 10.2. The largest absolute Gasteiger partial charge is 0.514 e. The smallest absolute Gasteiger partial charge is 0.480 e. The number of nitrogens with two attached hydrogens (primary N) is 3. The monoisotopic (exact) mass is 327 g/mol. The Balaban J connectivity index is 4.46. The van der Waals surface area contributed by atoms with Crippen LogP contribution in [0, 0.1) is 0 Å². The summed E-state index contributed by atoms with van der Waals surface area (Å²) in [5.74, 6) is -5.76. The Labute approximate surface area is 117 Å². The zero-order valence-electron chi connectivity index (χ0n) is 10.5. The third-order valence-corrected chi connectivity index (χ3v) is 2.78. The van der Waals surface area contributed by atoms with E-state index in [2.05, 4.69) is 9.05 Å². The average molecular weight is 327 g/mol. The van der Waals surface area contributed by atoms with Crippen LogP contribution in [0.4, 0.5) is 0 Å². The number of carboxylic acids is 2. The van der Waals surface area contributed by atoms with E-state index in [0.717, 1.165) is 0 Å². The fourth-order valence-corrected chi connectivity index (χ4v) is 1.66. The van der Waals surface area contributed by atoms with E-state index in [1.807, 2.05) is 0 Å². The van der Waals surface area contributed by atoms with Gasteiger partial charge in [0.25, 0.3) is 0 Å². The van der Waals surface area contributed by atoms with E-state index in [0.29, 0.717) is 0 Å². The molecule has 0 unspecified atom stereocenters. The summed E-state index contributed by atoms with van der Waals surface area (Å²) >= 11 is 0. The molecule has 13 heteroatoms. The van der Waals surface area contributed by atoms with Crippen LogP contribution in [0.1, 0.15) is 12.8 Å². The number of rotatable bonds is 8. The van der Waals surface area contributed by atoms with E-state index in [1.165, 1.54) is 0 Å². The Bertz CT molecular complexity index is 453. The molecule has 8 N–H and O–H groups in total. The Hall–Kier alpha value is -2.01. The van der Waals surface area contributed by atoms with Crippen LogP contribution in [0.25, 0.3) is 0 Å². The SMILES string of the molecule is N[C@@H](CC(=O)OP(N)(=O)OC(=O)C[C@H](N)C(=O)O)C(=O)O. The number of carbonyl (C=O) groups is 4. The first kappa shape index (κ1) is 19.0. The Morgan fingerprint density at radius 3 is 1.43 bits per heavy atom. The van der Waals surface area contributed by atoms with E-state index in [-0.39, 0.29) is 0 Å². The molecule has 21 heavy (non-hydrogen) atoms. The highest BCUT2D eigenvalue weighted by Crippen LogP contribution is 2.40. The molecule has 0 aliphatic rings. The predicted molar refractivity (Wildman–Crippen MR) is 64.4 cm³/mol. The summed E-state index contributed by atoms with van der Waals surface area (Å²) in [6.07, 6.45) is -1.72. The van der Waals surface area contributed by atoms with Gasteiger partial charge in [-0.05, 0) is 0 Å². The van der Waals surface area contributed by atoms with E-state index >= 15 is 0 Å². The molecule has 0 bridgehead atoms. The molecule has 0 fully saturated rings.